The average molecular weight is 398 g/mol. The maximum Gasteiger partial charge on any atom is 0.192 e. The molecule has 0 atom stereocenters. The fourth-order valence-electron chi connectivity index (χ4n) is 2.77. The number of hydrogen-bond acceptors (Lipinski definition) is 6. The number of carbonyl (C=O) groups is 1. The Labute approximate surface area is 168 Å². The Balaban J connectivity index is 1.78. The first-order valence-electron chi connectivity index (χ1n) is 8.93. The molecule has 28 heavy (non-hydrogen) atoms. The lowest BCUT2D eigenvalue weighted by Gasteiger charge is -2.14. The van der Waals surface area contributed by atoms with E-state index in [0.29, 0.717) is 11.3 Å². The Bertz CT molecular complexity index is 935. The van der Waals surface area contributed by atoms with Crippen LogP contribution in [0.3, 0.4) is 0 Å². The number of Topliss-reactive ketones (excluding diaryl/α,β-unsaturated/α-hetero) is 1. The lowest BCUT2D eigenvalue weighted by atomic mass is 10.1. The van der Waals surface area contributed by atoms with Gasteiger partial charge in [0.15, 0.2) is 16.8 Å². The van der Waals surface area contributed by atoms with Crippen LogP contribution in [0.4, 0.5) is 0 Å². The molecular weight excluding hydrogens is 374 g/mol. The van der Waals surface area contributed by atoms with Crippen LogP contribution in [0, 0.1) is 0 Å². The molecule has 146 valence electrons. The Kier molecular flexibility index (Phi) is 6.36. The van der Waals surface area contributed by atoms with Crippen LogP contribution >= 0.6 is 11.8 Å². The zero-order valence-electron chi connectivity index (χ0n) is 16.4. The summed E-state index contributed by atoms with van der Waals surface area (Å²) >= 11 is 1.40. The molecule has 0 N–H and O–H groups in total. The molecule has 7 heteroatoms. The van der Waals surface area contributed by atoms with Crippen molar-refractivity contribution in [3.05, 3.63) is 54.1 Å². The number of nitrogens with zero attached hydrogens (tertiary/aromatic N) is 3. The summed E-state index contributed by atoms with van der Waals surface area (Å²) in [4.78, 5) is 12.5. The summed E-state index contributed by atoms with van der Waals surface area (Å²) in [5.74, 6) is 2.63. The van der Waals surface area contributed by atoms with Crippen LogP contribution in [-0.2, 0) is 0 Å². The molecule has 6 nitrogen and oxygen atoms in total. The van der Waals surface area contributed by atoms with Crippen molar-refractivity contribution < 1.29 is 14.3 Å². The van der Waals surface area contributed by atoms with Gasteiger partial charge >= 0.3 is 0 Å². The number of aromatic nitrogens is 3. The number of thioether (sulfide) groups is 1. The molecule has 0 aliphatic carbocycles. The van der Waals surface area contributed by atoms with Crippen LogP contribution < -0.4 is 9.47 Å². The van der Waals surface area contributed by atoms with Gasteiger partial charge in [0, 0.05) is 17.2 Å². The van der Waals surface area contributed by atoms with E-state index in [9.17, 15) is 4.79 Å². The van der Waals surface area contributed by atoms with Gasteiger partial charge in [-0.2, -0.15) is 0 Å². The first kappa shape index (κ1) is 19.9. The van der Waals surface area contributed by atoms with Crippen molar-refractivity contribution in [3.63, 3.8) is 0 Å². The van der Waals surface area contributed by atoms with Crippen molar-refractivity contribution >= 4 is 17.5 Å². The van der Waals surface area contributed by atoms with Gasteiger partial charge in [0.1, 0.15) is 11.5 Å². The zero-order chi connectivity index (χ0) is 20.1. The second kappa shape index (κ2) is 8.93. The van der Waals surface area contributed by atoms with E-state index in [1.807, 2.05) is 28.8 Å². The average Bonchev–Trinajstić information content (AvgIpc) is 3.16. The smallest absolute Gasteiger partial charge is 0.192 e. The highest BCUT2D eigenvalue weighted by Crippen LogP contribution is 2.29. The molecule has 0 amide bonds. The molecule has 0 spiro atoms. The molecule has 3 aromatic rings. The Morgan fingerprint density at radius 2 is 1.54 bits per heavy atom. The van der Waals surface area contributed by atoms with Crippen molar-refractivity contribution in [3.8, 4) is 22.9 Å². The SMILES string of the molecule is COc1ccc(C(=O)CSc2nnc(-c3ccc(OC)cc3)n2C(C)C)cc1. The van der Waals surface area contributed by atoms with Gasteiger partial charge < -0.3 is 9.47 Å². The summed E-state index contributed by atoms with van der Waals surface area (Å²) in [6, 6.07) is 15.0. The van der Waals surface area contributed by atoms with Crippen LogP contribution in [-0.4, -0.2) is 40.5 Å². The first-order valence-corrected chi connectivity index (χ1v) is 9.91. The number of methoxy groups -OCH3 is 2. The van der Waals surface area contributed by atoms with Crippen LogP contribution in [0.15, 0.2) is 53.7 Å². The predicted octanol–water partition coefficient (Wildman–Crippen LogP) is 4.52. The van der Waals surface area contributed by atoms with Gasteiger partial charge in [0.2, 0.25) is 0 Å². The molecule has 1 heterocycles. The zero-order valence-corrected chi connectivity index (χ0v) is 17.2. The van der Waals surface area contributed by atoms with E-state index in [0.717, 1.165) is 28.0 Å². The minimum Gasteiger partial charge on any atom is -0.497 e. The highest BCUT2D eigenvalue weighted by molar-refractivity contribution is 7.99. The fraction of sp³-hybridized carbons (Fsp3) is 0.286. The van der Waals surface area contributed by atoms with Crippen molar-refractivity contribution in [1.82, 2.24) is 14.8 Å². The Morgan fingerprint density at radius 3 is 2.07 bits per heavy atom. The van der Waals surface area contributed by atoms with Gasteiger partial charge in [-0.25, -0.2) is 0 Å². The molecule has 0 unspecified atom stereocenters. The lowest BCUT2D eigenvalue weighted by molar-refractivity contribution is 0.102. The normalized spacial score (nSPS) is 10.9. The van der Waals surface area contributed by atoms with Gasteiger partial charge in [-0.3, -0.25) is 9.36 Å². The predicted molar refractivity (Wildman–Crippen MR) is 110 cm³/mol. The maximum absolute atomic E-state index is 12.5. The molecule has 1 aromatic heterocycles. The summed E-state index contributed by atoms with van der Waals surface area (Å²) in [5, 5.41) is 9.41. The van der Waals surface area contributed by atoms with E-state index in [4.69, 9.17) is 9.47 Å². The third-order valence-electron chi connectivity index (χ3n) is 4.27. The maximum atomic E-state index is 12.5. The van der Waals surface area contributed by atoms with E-state index in [1.165, 1.54) is 11.8 Å². The number of carbonyl (C=O) groups excluding carboxylic acids is 1. The van der Waals surface area contributed by atoms with Crippen molar-refractivity contribution in [2.45, 2.75) is 25.0 Å². The molecule has 0 fully saturated rings. The minimum absolute atomic E-state index is 0.0388. The summed E-state index contributed by atoms with van der Waals surface area (Å²) in [6.07, 6.45) is 0. The van der Waals surface area contributed by atoms with Gasteiger partial charge in [-0.05, 0) is 62.4 Å². The molecule has 0 aliphatic rings. The first-order chi connectivity index (χ1) is 13.5. The number of rotatable bonds is 8. The van der Waals surface area contributed by atoms with Gasteiger partial charge in [0.25, 0.3) is 0 Å². The monoisotopic (exact) mass is 397 g/mol. The van der Waals surface area contributed by atoms with Gasteiger partial charge in [-0.1, -0.05) is 11.8 Å². The summed E-state index contributed by atoms with van der Waals surface area (Å²) < 4.78 is 12.4. The number of benzene rings is 2. The summed E-state index contributed by atoms with van der Waals surface area (Å²) in [6.45, 7) is 4.15. The summed E-state index contributed by atoms with van der Waals surface area (Å²) in [7, 11) is 3.24. The molecule has 2 aromatic carbocycles. The van der Waals surface area contributed by atoms with E-state index in [-0.39, 0.29) is 11.8 Å². The lowest BCUT2D eigenvalue weighted by Crippen LogP contribution is -2.07. The number of ether oxygens (including phenoxy) is 2. The quantitative estimate of drug-likeness (QED) is 0.411. The third-order valence-corrected chi connectivity index (χ3v) is 5.22. The van der Waals surface area contributed by atoms with E-state index >= 15 is 0 Å². The molecule has 0 saturated heterocycles. The van der Waals surface area contributed by atoms with Crippen LogP contribution in [0.25, 0.3) is 11.4 Å². The van der Waals surface area contributed by atoms with Gasteiger partial charge in [0.05, 0.1) is 20.0 Å². The highest BCUT2D eigenvalue weighted by Gasteiger charge is 2.18. The van der Waals surface area contributed by atoms with Crippen molar-refractivity contribution in [2.75, 3.05) is 20.0 Å². The second-order valence-electron chi connectivity index (χ2n) is 6.44. The topological polar surface area (TPSA) is 66.2 Å². The molecular formula is C21H23N3O3S. The van der Waals surface area contributed by atoms with E-state index in [2.05, 4.69) is 24.0 Å². The second-order valence-corrected chi connectivity index (χ2v) is 7.38. The Morgan fingerprint density at radius 1 is 0.964 bits per heavy atom. The van der Waals surface area contributed by atoms with Crippen molar-refractivity contribution in [2.24, 2.45) is 0 Å². The van der Waals surface area contributed by atoms with Crippen LogP contribution in [0.2, 0.25) is 0 Å². The fourth-order valence-corrected chi connectivity index (χ4v) is 3.73. The standard InChI is InChI=1S/C21H23N3O3S/c1-14(2)24-20(16-7-11-18(27-4)12-8-16)22-23-21(24)28-13-19(25)15-5-9-17(26-3)10-6-15/h5-12,14H,13H2,1-4H3. The molecule has 0 saturated carbocycles. The molecule has 3 rings (SSSR count). The third kappa shape index (κ3) is 4.36. The number of hydrogen-bond donors (Lipinski definition) is 0. The molecule has 0 radical (unpaired) electrons. The van der Waals surface area contributed by atoms with Gasteiger partial charge in [-0.15, -0.1) is 10.2 Å². The Hall–Kier alpha value is -2.80. The molecule has 0 bridgehead atoms. The number of ketones is 1. The minimum atomic E-state index is 0.0388. The highest BCUT2D eigenvalue weighted by atomic mass is 32.2. The van der Waals surface area contributed by atoms with E-state index in [1.54, 1.807) is 38.5 Å². The van der Waals surface area contributed by atoms with Crippen molar-refractivity contribution in [1.29, 1.82) is 0 Å². The van der Waals surface area contributed by atoms with Crippen LogP contribution in [0.5, 0.6) is 11.5 Å². The van der Waals surface area contributed by atoms with Crippen LogP contribution in [0.1, 0.15) is 30.2 Å². The molecule has 0 aliphatic heterocycles. The summed E-state index contributed by atoms with van der Waals surface area (Å²) in [5.41, 5.74) is 1.61. The largest absolute Gasteiger partial charge is 0.497 e. The van der Waals surface area contributed by atoms with E-state index < -0.39 is 0 Å².